The maximum atomic E-state index is 11.9. The van der Waals surface area contributed by atoms with Gasteiger partial charge >= 0.3 is 12.2 Å². The van der Waals surface area contributed by atoms with Crippen molar-refractivity contribution in [1.82, 2.24) is 4.98 Å². The number of hydrogen-bond donors (Lipinski definition) is 0. The van der Waals surface area contributed by atoms with E-state index in [0.29, 0.717) is 18.3 Å². The van der Waals surface area contributed by atoms with Gasteiger partial charge in [-0.3, -0.25) is 0 Å². The van der Waals surface area contributed by atoms with Crippen LogP contribution in [0, 0.1) is 17.4 Å². The molecule has 1 aromatic carbocycles. The van der Waals surface area contributed by atoms with Gasteiger partial charge in [0.15, 0.2) is 0 Å². The molecule has 0 N–H and O–H groups in total. The first kappa shape index (κ1) is 21.6. The second-order valence-electron chi connectivity index (χ2n) is 8.23. The van der Waals surface area contributed by atoms with E-state index >= 15 is 0 Å². The van der Waals surface area contributed by atoms with Gasteiger partial charge in [-0.15, -0.1) is 11.3 Å². The number of ether oxygens (including phenoxy) is 2. The summed E-state index contributed by atoms with van der Waals surface area (Å²) in [4.78, 5) is 20.2. The SMILES string of the molecule is CC(C)C[C@](C)(C#[N+]C(=O)OC(C)(C)C)COc1ccc(Br)c2scnc12. The summed E-state index contributed by atoms with van der Waals surface area (Å²) in [5, 5.41) is 0. The summed E-state index contributed by atoms with van der Waals surface area (Å²) in [5.74, 6) is 1.10. The Kier molecular flexibility index (Phi) is 6.87. The van der Waals surface area contributed by atoms with Crippen molar-refractivity contribution in [2.45, 2.75) is 53.6 Å². The molecule has 0 aliphatic heterocycles. The van der Waals surface area contributed by atoms with Crippen LogP contribution < -0.4 is 4.74 Å². The van der Waals surface area contributed by atoms with Crippen molar-refractivity contribution in [1.29, 1.82) is 0 Å². The molecule has 1 amide bonds. The molecule has 0 fully saturated rings. The quantitative estimate of drug-likeness (QED) is 0.501. The van der Waals surface area contributed by atoms with E-state index < -0.39 is 17.1 Å². The lowest BCUT2D eigenvalue weighted by Crippen LogP contribution is -2.26. The maximum Gasteiger partial charge on any atom is 0.728 e. The molecule has 0 spiro atoms. The Morgan fingerprint density at radius 3 is 2.67 bits per heavy atom. The number of halogens is 1. The number of carbonyl (C=O) groups is 1. The minimum absolute atomic E-state index is 0.339. The summed E-state index contributed by atoms with van der Waals surface area (Å²) in [5.41, 5.74) is 1.51. The molecule has 1 heterocycles. The number of hydrogen-bond acceptors (Lipinski definition) is 5. The summed E-state index contributed by atoms with van der Waals surface area (Å²) in [7, 11) is 0. The number of fused-ring (bicyclic) bond motifs is 1. The Morgan fingerprint density at radius 2 is 2.04 bits per heavy atom. The molecule has 146 valence electrons. The number of aromatic nitrogens is 1. The van der Waals surface area contributed by atoms with E-state index in [4.69, 9.17) is 9.47 Å². The minimum Gasteiger partial charge on any atom is -0.489 e. The fourth-order valence-electron chi connectivity index (χ4n) is 2.75. The van der Waals surface area contributed by atoms with Gasteiger partial charge in [0.05, 0.1) is 15.1 Å². The number of nitrogens with zero attached hydrogens (tertiary/aromatic N) is 2. The normalized spacial score (nSPS) is 13.8. The molecule has 1 aromatic heterocycles. The molecule has 0 aliphatic carbocycles. The van der Waals surface area contributed by atoms with Gasteiger partial charge in [-0.1, -0.05) is 13.8 Å². The summed E-state index contributed by atoms with van der Waals surface area (Å²) < 4.78 is 13.4. The fourth-order valence-corrected chi connectivity index (χ4v) is 4.06. The number of carbonyl (C=O) groups excluding carboxylic acids is 1. The highest BCUT2D eigenvalue weighted by Crippen LogP contribution is 2.35. The van der Waals surface area contributed by atoms with E-state index in [9.17, 15) is 4.79 Å². The zero-order valence-electron chi connectivity index (χ0n) is 16.6. The second-order valence-corrected chi connectivity index (χ2v) is 9.94. The first-order valence-electron chi connectivity index (χ1n) is 8.84. The lowest BCUT2D eigenvalue weighted by atomic mass is 9.84. The van der Waals surface area contributed by atoms with Gasteiger partial charge < -0.3 is 9.47 Å². The molecule has 0 aliphatic rings. The molecular formula is C20H26BrN2O3S+. The monoisotopic (exact) mass is 453 g/mol. The van der Waals surface area contributed by atoms with E-state index in [-0.39, 0.29) is 0 Å². The van der Waals surface area contributed by atoms with Crippen LogP contribution in [0.4, 0.5) is 4.79 Å². The zero-order valence-corrected chi connectivity index (χ0v) is 19.0. The molecule has 0 bridgehead atoms. The average molecular weight is 454 g/mol. The van der Waals surface area contributed by atoms with Gasteiger partial charge in [-0.05, 0) is 68.1 Å². The molecule has 0 radical (unpaired) electrons. The van der Waals surface area contributed by atoms with Crippen LogP contribution in [0.2, 0.25) is 0 Å². The predicted octanol–water partition coefficient (Wildman–Crippen LogP) is 6.76. The zero-order chi connectivity index (χ0) is 20.2. The van der Waals surface area contributed by atoms with Gasteiger partial charge in [-0.25, -0.2) is 4.98 Å². The molecule has 1 atom stereocenters. The number of rotatable bonds is 5. The molecule has 0 saturated carbocycles. The van der Waals surface area contributed by atoms with Crippen LogP contribution in [0.1, 0.15) is 48.0 Å². The molecule has 5 nitrogen and oxygen atoms in total. The predicted molar refractivity (Wildman–Crippen MR) is 114 cm³/mol. The van der Waals surface area contributed by atoms with E-state index in [1.807, 2.05) is 39.8 Å². The molecule has 0 saturated heterocycles. The highest BCUT2D eigenvalue weighted by atomic mass is 79.9. The van der Waals surface area contributed by atoms with Crippen LogP contribution >= 0.6 is 27.3 Å². The lowest BCUT2D eigenvalue weighted by Gasteiger charge is -2.21. The van der Waals surface area contributed by atoms with Crippen molar-refractivity contribution in [2.75, 3.05) is 6.61 Å². The fraction of sp³-hybridized carbons (Fsp3) is 0.550. The van der Waals surface area contributed by atoms with Crippen molar-refractivity contribution >= 4 is 43.6 Å². The Balaban J connectivity index is 2.19. The summed E-state index contributed by atoms with van der Waals surface area (Å²) in [6.45, 7) is 12.0. The van der Waals surface area contributed by atoms with Crippen LogP contribution in [-0.2, 0) is 4.74 Å². The van der Waals surface area contributed by atoms with Gasteiger partial charge in [-0.2, -0.15) is 4.79 Å². The van der Waals surface area contributed by atoms with E-state index in [0.717, 1.165) is 21.1 Å². The van der Waals surface area contributed by atoms with Crippen molar-refractivity contribution in [3.63, 3.8) is 0 Å². The van der Waals surface area contributed by atoms with Gasteiger partial charge in [0.25, 0.3) is 0 Å². The Labute approximate surface area is 173 Å². The molecule has 2 aromatic rings. The highest BCUT2D eigenvalue weighted by Gasteiger charge is 2.33. The van der Waals surface area contributed by atoms with Crippen molar-refractivity contribution in [3.05, 3.63) is 27.0 Å². The third-order valence-corrected chi connectivity index (χ3v) is 5.40. The third kappa shape index (κ3) is 6.47. The van der Waals surface area contributed by atoms with Crippen LogP contribution in [0.15, 0.2) is 22.1 Å². The summed E-state index contributed by atoms with van der Waals surface area (Å²) in [6.07, 6.45) is 0.138. The van der Waals surface area contributed by atoms with Crippen molar-refractivity contribution in [3.8, 4) is 11.8 Å². The van der Waals surface area contributed by atoms with Gasteiger partial charge in [0, 0.05) is 4.47 Å². The maximum absolute atomic E-state index is 11.9. The van der Waals surface area contributed by atoms with Crippen LogP contribution in [-0.4, -0.2) is 23.3 Å². The lowest BCUT2D eigenvalue weighted by molar-refractivity contribution is 0.0663. The largest absolute Gasteiger partial charge is 0.728 e. The van der Waals surface area contributed by atoms with Crippen molar-refractivity contribution < 1.29 is 14.3 Å². The van der Waals surface area contributed by atoms with E-state index in [1.165, 1.54) is 0 Å². The topological polar surface area (TPSA) is 52.8 Å². The molecule has 7 heteroatoms. The van der Waals surface area contributed by atoms with E-state index in [2.05, 4.69) is 45.7 Å². The molecule has 2 rings (SSSR count). The summed E-state index contributed by atoms with van der Waals surface area (Å²) in [6, 6.07) is 6.82. The number of amides is 1. The van der Waals surface area contributed by atoms with Crippen LogP contribution in [0.5, 0.6) is 5.75 Å². The average Bonchev–Trinajstić information content (AvgIpc) is 3.01. The molecule has 27 heavy (non-hydrogen) atoms. The Hall–Kier alpha value is -1.65. The molecule has 0 unspecified atom stereocenters. The first-order chi connectivity index (χ1) is 12.5. The van der Waals surface area contributed by atoms with Gasteiger partial charge in [0.1, 0.15) is 28.9 Å². The smallest absolute Gasteiger partial charge is 0.489 e. The Bertz CT molecular complexity index is 877. The van der Waals surface area contributed by atoms with Gasteiger partial charge in [0.2, 0.25) is 0 Å². The highest BCUT2D eigenvalue weighted by molar-refractivity contribution is 9.10. The standard InChI is InChI=1S/C20H26BrN2O3S/c1-13(2)9-20(6,10-22-18(24)26-19(3,4)5)11-25-15-8-7-14(21)17-16(15)23-12-27-17/h7-8,12-13H,9,11H2,1-6H3/q+1/t20-/m1/s1. The summed E-state index contributed by atoms with van der Waals surface area (Å²) >= 11 is 5.09. The third-order valence-electron chi connectivity index (χ3n) is 3.61. The van der Waals surface area contributed by atoms with Crippen LogP contribution in [0.25, 0.3) is 15.1 Å². The first-order valence-corrected chi connectivity index (χ1v) is 10.5. The second kappa shape index (κ2) is 8.57. The molecular weight excluding hydrogens is 428 g/mol. The number of thiazole rings is 1. The number of benzene rings is 1. The Morgan fingerprint density at radius 1 is 1.33 bits per heavy atom. The van der Waals surface area contributed by atoms with Crippen molar-refractivity contribution in [2.24, 2.45) is 11.3 Å². The van der Waals surface area contributed by atoms with E-state index in [1.54, 1.807) is 16.8 Å². The van der Waals surface area contributed by atoms with Crippen LogP contribution in [0.3, 0.4) is 0 Å². The minimum atomic E-state index is -0.636.